The molecule has 9 nitrogen and oxygen atoms in total. The van der Waals surface area contributed by atoms with E-state index in [2.05, 4.69) is 10.00 Å². The second kappa shape index (κ2) is 8.20. The molecule has 0 radical (unpaired) electrons. The zero-order valence-corrected chi connectivity index (χ0v) is 13.5. The molecule has 3 rings (SSSR count). The van der Waals surface area contributed by atoms with Crippen molar-refractivity contribution in [3.8, 4) is 5.69 Å². The van der Waals surface area contributed by atoms with Gasteiger partial charge in [-0.2, -0.15) is 0 Å². The number of hydrogen-bond donors (Lipinski definition) is 1. The van der Waals surface area contributed by atoms with E-state index in [0.717, 1.165) is 37.8 Å². The smallest absolute Gasteiger partial charge is 0.304 e. The Morgan fingerprint density at radius 1 is 1.08 bits per heavy atom. The van der Waals surface area contributed by atoms with E-state index in [-0.39, 0.29) is 0 Å². The average molecular weight is 357 g/mol. The number of ether oxygens (including phenoxy) is 1. The van der Waals surface area contributed by atoms with E-state index in [4.69, 9.17) is 29.1 Å². The maximum atomic E-state index is 8.49. The van der Waals surface area contributed by atoms with Gasteiger partial charge in [-0.15, -0.1) is 10.2 Å². The fourth-order valence-electron chi connectivity index (χ4n) is 2.22. The Bertz CT molecular complexity index is 641. The van der Waals surface area contributed by atoms with Gasteiger partial charge in [0.2, 0.25) is 0 Å². The van der Waals surface area contributed by atoms with Crippen LogP contribution in [0.3, 0.4) is 0 Å². The van der Waals surface area contributed by atoms with Gasteiger partial charge in [-0.1, -0.05) is 28.0 Å². The first-order valence-electron chi connectivity index (χ1n) is 7.02. The van der Waals surface area contributed by atoms with Crippen LogP contribution in [0.5, 0.6) is 0 Å². The summed E-state index contributed by atoms with van der Waals surface area (Å²) in [5.74, 6) is 1.01. The van der Waals surface area contributed by atoms with Gasteiger partial charge in [-0.3, -0.25) is 4.90 Å². The van der Waals surface area contributed by atoms with Crippen LogP contribution in [0.4, 0.5) is 11.5 Å². The molecule has 24 heavy (non-hydrogen) atoms. The van der Waals surface area contributed by atoms with Gasteiger partial charge in [-0.05, 0) is 12.1 Å². The molecule has 1 fully saturated rings. The molecule has 2 aromatic rings. The van der Waals surface area contributed by atoms with Crippen LogP contribution in [0.15, 0.2) is 42.6 Å². The standard InChI is InChI=1S/C14H16N4O.ClHO4/c15-12-10-14(17-6-8-19-9-7-17)18(16-11-12)13-4-2-1-3-5-13;2-1(3,4)5/h1-5,10-11,15H,6-9H2;(H,2,3,4,5). The normalized spacial score (nSPS) is 14.8. The number of nitrogens with two attached hydrogens (primary N) is 1. The summed E-state index contributed by atoms with van der Waals surface area (Å²) in [4.78, 5) is 2.25. The summed E-state index contributed by atoms with van der Waals surface area (Å²) in [6.07, 6.45) is 1.68. The molecule has 1 aliphatic rings. The summed E-state index contributed by atoms with van der Waals surface area (Å²) in [5.41, 5.74) is 7.58. The van der Waals surface area contributed by atoms with Crippen molar-refractivity contribution in [1.82, 2.24) is 5.10 Å². The second-order valence-electron chi connectivity index (χ2n) is 4.87. The highest BCUT2D eigenvalue weighted by atomic mass is 35.7. The largest absolute Gasteiger partial charge is 0.397 e. The Hall–Kier alpha value is -2.01. The Balaban J connectivity index is 0.000000368. The molecule has 1 aliphatic heterocycles. The third kappa shape index (κ3) is 5.89. The highest BCUT2D eigenvalue weighted by molar-refractivity contribution is 5.46. The molecule has 2 heterocycles. The lowest BCUT2D eigenvalue weighted by molar-refractivity contribution is -2.00. The van der Waals surface area contributed by atoms with Crippen LogP contribution in [-0.2, 0) is 4.74 Å². The van der Waals surface area contributed by atoms with Gasteiger partial charge in [0.1, 0.15) is 13.1 Å². The van der Waals surface area contributed by atoms with Gasteiger partial charge in [0, 0.05) is 0 Å². The topological polar surface area (TPSA) is 148 Å². The lowest BCUT2D eigenvalue weighted by Crippen LogP contribution is -2.68. The molecule has 0 atom stereocenters. The van der Waals surface area contributed by atoms with Gasteiger partial charge in [0.15, 0.2) is 5.69 Å². The number of hydrogen-bond acceptors (Lipinski definition) is 8. The minimum Gasteiger partial charge on any atom is -0.397 e. The number of anilines is 2. The number of benzene rings is 1. The maximum absolute atomic E-state index is 8.49. The highest BCUT2D eigenvalue weighted by Gasteiger charge is 2.24. The van der Waals surface area contributed by atoms with Crippen LogP contribution in [0.1, 0.15) is 0 Å². The molecule has 0 aliphatic carbocycles. The molecule has 1 aromatic carbocycles. The number of aromatic nitrogens is 2. The van der Waals surface area contributed by atoms with Crippen LogP contribution < -0.4 is 34.0 Å². The van der Waals surface area contributed by atoms with Crippen LogP contribution in [0.2, 0.25) is 0 Å². The molecule has 0 bridgehead atoms. The second-order valence-corrected chi connectivity index (χ2v) is 5.63. The van der Waals surface area contributed by atoms with Crippen molar-refractivity contribution < 1.29 is 38.3 Å². The molecule has 2 N–H and O–H groups in total. The number of morpholine rings is 1. The Morgan fingerprint density at radius 3 is 2.25 bits per heavy atom. The van der Waals surface area contributed by atoms with Crippen molar-refractivity contribution in [2.45, 2.75) is 0 Å². The SMILES string of the molecule is Nc1cn[n+](-c2ccccc2)c(N2CCOCC2)c1.[O-][Cl+3]([O-])([O-])[O-]. The summed E-state index contributed by atoms with van der Waals surface area (Å²) < 4.78 is 41.3. The molecule has 0 amide bonds. The number of rotatable bonds is 2. The molecule has 10 heteroatoms. The van der Waals surface area contributed by atoms with Crippen molar-refractivity contribution in [1.29, 1.82) is 0 Å². The van der Waals surface area contributed by atoms with E-state index >= 15 is 0 Å². The van der Waals surface area contributed by atoms with Crippen LogP contribution in [-0.4, -0.2) is 31.4 Å². The highest BCUT2D eigenvalue weighted by Crippen LogP contribution is 2.15. The minimum absolute atomic E-state index is 0.675. The molecule has 1 saturated heterocycles. The summed E-state index contributed by atoms with van der Waals surface area (Å²) >= 11 is 0. The van der Waals surface area contributed by atoms with Crippen molar-refractivity contribution in [2.75, 3.05) is 36.9 Å². The van der Waals surface area contributed by atoms with E-state index in [1.54, 1.807) is 6.20 Å². The van der Waals surface area contributed by atoms with E-state index in [9.17, 15) is 0 Å². The predicted molar refractivity (Wildman–Crippen MR) is 73.2 cm³/mol. The molecule has 0 unspecified atom stereocenters. The molecule has 130 valence electrons. The van der Waals surface area contributed by atoms with Crippen molar-refractivity contribution in [2.24, 2.45) is 0 Å². The first-order chi connectivity index (χ1) is 11.3. The average Bonchev–Trinajstić information content (AvgIpc) is 2.55. The number of nitrogens with zero attached hydrogens (tertiary/aromatic N) is 3. The quantitative estimate of drug-likeness (QED) is 0.535. The van der Waals surface area contributed by atoms with Gasteiger partial charge < -0.3 is 10.5 Å². The van der Waals surface area contributed by atoms with Crippen LogP contribution in [0, 0.1) is 10.2 Å². The first kappa shape index (κ1) is 18.3. The third-order valence-electron chi connectivity index (χ3n) is 3.17. The van der Waals surface area contributed by atoms with E-state index in [0.29, 0.717) is 5.69 Å². The summed E-state index contributed by atoms with van der Waals surface area (Å²) in [6.45, 7) is 3.20. The van der Waals surface area contributed by atoms with E-state index < -0.39 is 10.2 Å². The third-order valence-corrected chi connectivity index (χ3v) is 3.17. The van der Waals surface area contributed by atoms with Crippen molar-refractivity contribution in [3.63, 3.8) is 0 Å². The molecular weight excluding hydrogens is 340 g/mol. The Labute approximate surface area is 140 Å². The first-order valence-corrected chi connectivity index (χ1v) is 8.26. The fourth-order valence-corrected chi connectivity index (χ4v) is 2.22. The van der Waals surface area contributed by atoms with Gasteiger partial charge >= 0.3 is 5.82 Å². The predicted octanol–water partition coefficient (Wildman–Crippen LogP) is -3.98. The molecule has 0 saturated carbocycles. The zero-order valence-electron chi connectivity index (χ0n) is 12.7. The van der Waals surface area contributed by atoms with Gasteiger partial charge in [-0.25, -0.2) is 18.6 Å². The summed E-state index contributed by atoms with van der Waals surface area (Å²) in [6, 6.07) is 12.0. The number of halogens is 1. The Kier molecular flexibility index (Phi) is 6.26. The van der Waals surface area contributed by atoms with Crippen molar-refractivity contribution >= 4 is 11.5 Å². The lowest BCUT2D eigenvalue weighted by atomic mass is 10.3. The van der Waals surface area contributed by atoms with E-state index in [1.807, 2.05) is 41.1 Å². The van der Waals surface area contributed by atoms with Crippen LogP contribution in [0.25, 0.3) is 5.69 Å². The van der Waals surface area contributed by atoms with E-state index in [1.165, 1.54) is 0 Å². The number of para-hydroxylation sites is 1. The Morgan fingerprint density at radius 2 is 1.67 bits per heavy atom. The monoisotopic (exact) mass is 356 g/mol. The fraction of sp³-hybridized carbons (Fsp3) is 0.286. The maximum Gasteiger partial charge on any atom is 0.304 e. The molecule has 1 aromatic heterocycles. The molecule has 0 spiro atoms. The van der Waals surface area contributed by atoms with Crippen LogP contribution >= 0.6 is 0 Å². The number of nitrogen functional groups attached to an aromatic ring is 1. The molecular formula is C14H17ClN4O5. The van der Waals surface area contributed by atoms with Gasteiger partial charge in [0.05, 0.1) is 31.2 Å². The summed E-state index contributed by atoms with van der Waals surface area (Å²) in [7, 11) is -4.94. The minimum atomic E-state index is -4.94. The van der Waals surface area contributed by atoms with Gasteiger partial charge in [0.25, 0.3) is 0 Å². The zero-order chi connectivity index (χ0) is 17.6. The lowest BCUT2D eigenvalue weighted by Gasteiger charge is -2.22. The van der Waals surface area contributed by atoms with Crippen molar-refractivity contribution in [3.05, 3.63) is 42.6 Å². The summed E-state index contributed by atoms with van der Waals surface area (Å²) in [5, 5.41) is 4.43.